The van der Waals surface area contributed by atoms with Gasteiger partial charge in [0.05, 0.1) is 0 Å². The Balaban J connectivity index is 4.76. The smallest absolute Gasteiger partial charge is 0.320 e. The Morgan fingerprint density at radius 3 is 1.93 bits per heavy atom. The predicted octanol–water partition coefficient (Wildman–Crippen LogP) is 0.488. The second-order valence-electron chi connectivity index (χ2n) is 2.52. The second kappa shape index (κ2) is 5.15. The highest BCUT2D eigenvalue weighted by atomic mass is 16.7. The van der Waals surface area contributed by atoms with E-state index in [-0.39, 0.29) is 5.01 Å². The number of carbonyl (C=O) groups excluding carboxylic acids is 2. The molecule has 0 aliphatic carbocycles. The normalized spacial score (nSPS) is 9.36. The lowest BCUT2D eigenvalue weighted by Crippen LogP contribution is -2.48. The van der Waals surface area contributed by atoms with Crippen molar-refractivity contribution in [3.05, 3.63) is 10.1 Å². The lowest BCUT2D eigenvalue weighted by atomic mass is 10.5. The Morgan fingerprint density at radius 2 is 1.71 bits per heavy atom. The summed E-state index contributed by atoms with van der Waals surface area (Å²) in [6.45, 7) is 4.99. The summed E-state index contributed by atoms with van der Waals surface area (Å²) in [4.78, 5) is 33.8. The van der Waals surface area contributed by atoms with Crippen molar-refractivity contribution in [3.8, 4) is 0 Å². The lowest BCUT2D eigenvalue weighted by molar-refractivity contribution is -0.613. The van der Waals surface area contributed by atoms with Crippen LogP contribution >= 0.6 is 0 Å². The Bertz CT molecular complexity index is 235. The molecular formula is C7H13N3O4. The van der Waals surface area contributed by atoms with Gasteiger partial charge in [-0.3, -0.25) is 4.79 Å². The van der Waals surface area contributed by atoms with Crippen LogP contribution in [0.5, 0.6) is 0 Å². The minimum Gasteiger partial charge on any atom is -0.320 e. The molecule has 0 atom stereocenters. The molecule has 0 aromatic heterocycles. The van der Waals surface area contributed by atoms with Gasteiger partial charge < -0.3 is 4.90 Å². The summed E-state index contributed by atoms with van der Waals surface area (Å²) in [6, 6.07) is -0.896. The van der Waals surface area contributed by atoms with Crippen molar-refractivity contribution in [2.24, 2.45) is 0 Å². The van der Waals surface area contributed by atoms with Crippen LogP contribution in [0.1, 0.15) is 20.8 Å². The third-order valence-corrected chi connectivity index (χ3v) is 1.68. The van der Waals surface area contributed by atoms with Crippen LogP contribution in [0.4, 0.5) is 4.79 Å². The van der Waals surface area contributed by atoms with Crippen molar-refractivity contribution in [2.75, 3.05) is 13.1 Å². The minimum absolute atomic E-state index is 0.00694. The maximum Gasteiger partial charge on any atom is 0.387 e. The zero-order chi connectivity index (χ0) is 11.3. The van der Waals surface area contributed by atoms with Crippen molar-refractivity contribution in [3.63, 3.8) is 0 Å². The van der Waals surface area contributed by atoms with Gasteiger partial charge in [-0.15, -0.1) is 0 Å². The molecule has 0 unspecified atom stereocenters. The van der Waals surface area contributed by atoms with Crippen molar-refractivity contribution in [1.82, 2.24) is 9.91 Å². The third-order valence-electron chi connectivity index (χ3n) is 1.68. The number of hydrogen-bond acceptors (Lipinski definition) is 4. The zero-order valence-corrected chi connectivity index (χ0v) is 8.39. The topological polar surface area (TPSA) is 83.8 Å². The van der Waals surface area contributed by atoms with Crippen molar-refractivity contribution >= 4 is 11.9 Å². The highest BCUT2D eigenvalue weighted by molar-refractivity contribution is 5.91. The SMILES string of the molecule is CCN(CC)C(=O)N(C(C)=O)[N+](=O)[O-]. The average Bonchev–Trinajstić information content (AvgIpc) is 2.04. The lowest BCUT2D eigenvalue weighted by Gasteiger charge is -2.19. The van der Waals surface area contributed by atoms with Gasteiger partial charge in [0.2, 0.25) is 0 Å². The monoisotopic (exact) mass is 203 g/mol. The number of urea groups is 1. The largest absolute Gasteiger partial charge is 0.387 e. The standard InChI is InChI=1S/C7H13N3O4/c1-4-8(5-2)7(12)9(6(3)11)10(13)14/h4-5H2,1-3H3. The van der Waals surface area contributed by atoms with Crippen LogP contribution in [0.3, 0.4) is 0 Å². The summed E-state index contributed by atoms with van der Waals surface area (Å²) in [6.07, 6.45) is 0. The molecule has 7 nitrogen and oxygen atoms in total. The molecule has 0 spiro atoms. The number of hydrazine groups is 1. The molecule has 0 saturated carbocycles. The molecule has 0 aromatic rings. The minimum atomic E-state index is -1.01. The van der Waals surface area contributed by atoms with E-state index in [0.717, 1.165) is 6.92 Å². The summed E-state index contributed by atoms with van der Waals surface area (Å²) >= 11 is 0. The van der Waals surface area contributed by atoms with E-state index in [0.29, 0.717) is 13.1 Å². The van der Waals surface area contributed by atoms with Gasteiger partial charge >= 0.3 is 6.03 Å². The fourth-order valence-electron chi connectivity index (χ4n) is 0.948. The molecule has 7 heteroatoms. The molecule has 0 radical (unpaired) electrons. The molecule has 80 valence electrons. The summed E-state index contributed by atoms with van der Waals surface area (Å²) in [7, 11) is 0. The van der Waals surface area contributed by atoms with E-state index in [1.807, 2.05) is 0 Å². The first-order valence-electron chi connectivity index (χ1n) is 4.19. The molecule has 14 heavy (non-hydrogen) atoms. The molecule has 0 saturated heterocycles. The zero-order valence-electron chi connectivity index (χ0n) is 8.39. The number of carbonyl (C=O) groups is 2. The number of nitrogens with zero attached hydrogens (tertiary/aromatic N) is 3. The molecule has 0 aliphatic heterocycles. The Kier molecular flexibility index (Phi) is 4.54. The molecule has 0 aliphatic rings. The van der Waals surface area contributed by atoms with Crippen LogP contribution in [0.25, 0.3) is 0 Å². The predicted molar refractivity (Wildman–Crippen MR) is 47.8 cm³/mol. The molecule has 0 heterocycles. The van der Waals surface area contributed by atoms with E-state index < -0.39 is 17.0 Å². The van der Waals surface area contributed by atoms with Crippen LogP contribution in [-0.2, 0) is 4.79 Å². The Hall–Kier alpha value is -1.66. The van der Waals surface area contributed by atoms with Crippen molar-refractivity contribution in [1.29, 1.82) is 0 Å². The van der Waals surface area contributed by atoms with Gasteiger partial charge in [0.1, 0.15) is 0 Å². The summed E-state index contributed by atoms with van der Waals surface area (Å²) in [5.41, 5.74) is 0. The van der Waals surface area contributed by atoms with Crippen LogP contribution in [0.15, 0.2) is 0 Å². The van der Waals surface area contributed by atoms with E-state index in [1.54, 1.807) is 13.8 Å². The third kappa shape index (κ3) is 2.68. The van der Waals surface area contributed by atoms with E-state index in [1.165, 1.54) is 4.90 Å². The van der Waals surface area contributed by atoms with Crippen molar-refractivity contribution < 1.29 is 14.6 Å². The van der Waals surface area contributed by atoms with Gasteiger partial charge in [-0.1, -0.05) is 0 Å². The van der Waals surface area contributed by atoms with Crippen molar-refractivity contribution in [2.45, 2.75) is 20.8 Å². The van der Waals surface area contributed by atoms with Crippen LogP contribution in [0.2, 0.25) is 0 Å². The molecular weight excluding hydrogens is 190 g/mol. The fraction of sp³-hybridized carbons (Fsp3) is 0.714. The van der Waals surface area contributed by atoms with E-state index in [9.17, 15) is 19.7 Å². The van der Waals surface area contributed by atoms with E-state index in [2.05, 4.69) is 0 Å². The maximum atomic E-state index is 11.4. The first-order valence-corrected chi connectivity index (χ1v) is 4.19. The van der Waals surface area contributed by atoms with Gasteiger partial charge in [0, 0.05) is 25.0 Å². The number of hydrogen-bond donors (Lipinski definition) is 0. The molecule has 0 bridgehead atoms. The number of nitro groups is 1. The van der Waals surface area contributed by atoms with Crippen LogP contribution < -0.4 is 0 Å². The number of amides is 3. The molecule has 0 rings (SSSR count). The van der Waals surface area contributed by atoms with Gasteiger partial charge in [0.25, 0.3) is 5.91 Å². The van der Waals surface area contributed by atoms with Crippen LogP contribution in [-0.4, -0.2) is 40.0 Å². The molecule has 0 fully saturated rings. The number of rotatable bonds is 3. The van der Waals surface area contributed by atoms with E-state index in [4.69, 9.17) is 0 Å². The van der Waals surface area contributed by atoms with Gasteiger partial charge in [0.15, 0.2) is 5.03 Å². The number of imide groups is 1. The highest BCUT2D eigenvalue weighted by Gasteiger charge is 2.32. The Morgan fingerprint density at radius 1 is 1.29 bits per heavy atom. The Labute approximate surface area is 81.4 Å². The highest BCUT2D eigenvalue weighted by Crippen LogP contribution is 1.99. The van der Waals surface area contributed by atoms with Gasteiger partial charge in [-0.2, -0.15) is 0 Å². The molecule has 0 aromatic carbocycles. The quantitative estimate of drug-likeness (QED) is 0.493. The average molecular weight is 203 g/mol. The first kappa shape index (κ1) is 12.3. The summed E-state index contributed by atoms with van der Waals surface area (Å²) in [5.74, 6) is -0.896. The summed E-state index contributed by atoms with van der Waals surface area (Å²) < 4.78 is 0. The van der Waals surface area contributed by atoms with Gasteiger partial charge in [-0.05, 0) is 13.8 Å². The fourth-order valence-corrected chi connectivity index (χ4v) is 0.948. The maximum absolute atomic E-state index is 11.4. The van der Waals surface area contributed by atoms with E-state index >= 15 is 0 Å². The van der Waals surface area contributed by atoms with Gasteiger partial charge in [-0.25, -0.2) is 14.9 Å². The second-order valence-corrected chi connectivity index (χ2v) is 2.52. The molecule has 3 amide bonds. The molecule has 0 N–H and O–H groups in total. The summed E-state index contributed by atoms with van der Waals surface area (Å²) in [5, 5.41) is 9.38. The first-order chi connectivity index (χ1) is 6.45. The van der Waals surface area contributed by atoms with Crippen LogP contribution in [0, 0.1) is 10.1 Å².